The first-order chi connectivity index (χ1) is 14.7. The van der Waals surface area contributed by atoms with Crippen molar-refractivity contribution in [2.75, 3.05) is 26.2 Å². The summed E-state index contributed by atoms with van der Waals surface area (Å²) in [5.41, 5.74) is 21.3. The van der Waals surface area contributed by atoms with Crippen LogP contribution in [0.3, 0.4) is 0 Å². The fourth-order valence-electron chi connectivity index (χ4n) is 2.57. The van der Waals surface area contributed by atoms with E-state index in [1.165, 1.54) is 0 Å². The number of carbonyl (C=O) groups is 4. The molecule has 0 aromatic heterocycles. The Bertz CT molecular complexity index is 610. The van der Waals surface area contributed by atoms with Crippen molar-refractivity contribution < 1.29 is 24.3 Å². The van der Waals surface area contributed by atoms with E-state index in [1.54, 1.807) is 0 Å². The molecule has 0 aliphatic heterocycles. The van der Waals surface area contributed by atoms with Gasteiger partial charge in [-0.2, -0.15) is 0 Å². The third-order valence-corrected chi connectivity index (χ3v) is 4.21. The Hall–Kier alpha value is -2.93. The Morgan fingerprint density at radius 2 is 1.48 bits per heavy atom. The highest BCUT2D eigenvalue weighted by atomic mass is 16.4. The van der Waals surface area contributed by atoms with Crippen molar-refractivity contribution in [3.63, 3.8) is 0 Å². The van der Waals surface area contributed by atoms with E-state index in [4.69, 9.17) is 22.9 Å². The molecule has 0 fully saturated rings. The highest BCUT2D eigenvalue weighted by molar-refractivity contribution is 5.91. The second-order valence-corrected chi connectivity index (χ2v) is 6.92. The van der Waals surface area contributed by atoms with Crippen LogP contribution < -0.4 is 38.9 Å². The SMILES string of the molecule is NCCCC[C@H](NC(=O)[C@H](CCCN=C(N)N)NC(=O)CNC(=O)CCCN)C(=O)O. The van der Waals surface area contributed by atoms with Gasteiger partial charge in [0.25, 0.3) is 0 Å². The van der Waals surface area contributed by atoms with Gasteiger partial charge in [0.1, 0.15) is 12.1 Å². The van der Waals surface area contributed by atoms with Crippen LogP contribution in [0, 0.1) is 0 Å². The molecular formula is C18H36N8O5. The summed E-state index contributed by atoms with van der Waals surface area (Å²) in [5.74, 6) is -2.84. The van der Waals surface area contributed by atoms with Crippen molar-refractivity contribution in [3.8, 4) is 0 Å². The molecule has 0 unspecified atom stereocenters. The average Bonchev–Trinajstić information content (AvgIpc) is 2.71. The summed E-state index contributed by atoms with van der Waals surface area (Å²) in [4.78, 5) is 51.7. The van der Waals surface area contributed by atoms with E-state index in [-0.39, 0.29) is 44.2 Å². The van der Waals surface area contributed by atoms with Crippen molar-refractivity contribution in [1.82, 2.24) is 16.0 Å². The monoisotopic (exact) mass is 444 g/mol. The van der Waals surface area contributed by atoms with Gasteiger partial charge in [0, 0.05) is 13.0 Å². The number of carboxylic acid groups (broad SMARTS) is 1. The highest BCUT2D eigenvalue weighted by Crippen LogP contribution is 2.04. The fraction of sp³-hybridized carbons (Fsp3) is 0.722. The largest absolute Gasteiger partial charge is 0.480 e. The minimum absolute atomic E-state index is 0.101. The van der Waals surface area contributed by atoms with Crippen LogP contribution in [-0.2, 0) is 19.2 Å². The minimum Gasteiger partial charge on any atom is -0.480 e. The summed E-state index contributed by atoms with van der Waals surface area (Å²) in [5, 5.41) is 16.7. The molecule has 13 heteroatoms. The lowest BCUT2D eigenvalue weighted by Crippen LogP contribution is -2.53. The van der Waals surface area contributed by atoms with Gasteiger partial charge in [-0.1, -0.05) is 0 Å². The number of rotatable bonds is 17. The molecule has 12 N–H and O–H groups in total. The Balaban J connectivity index is 4.93. The zero-order valence-corrected chi connectivity index (χ0v) is 17.8. The first-order valence-corrected chi connectivity index (χ1v) is 10.3. The molecule has 0 rings (SSSR count). The molecule has 3 amide bonds. The van der Waals surface area contributed by atoms with Crippen molar-refractivity contribution in [3.05, 3.63) is 0 Å². The average molecular weight is 445 g/mol. The standard InChI is InChI=1S/C18H36N8O5/c19-8-2-1-5-13(17(30)31)26-16(29)12(6-4-10-23-18(21)22)25-15(28)11-24-14(27)7-3-9-20/h12-13H,1-11,19-20H2,(H,24,27)(H,25,28)(H,26,29)(H,30,31)(H4,21,22,23)/t12-,13-/m0/s1. The minimum atomic E-state index is -1.18. The molecule has 0 bridgehead atoms. The molecule has 178 valence electrons. The van der Waals surface area contributed by atoms with E-state index < -0.39 is 29.9 Å². The van der Waals surface area contributed by atoms with E-state index in [9.17, 15) is 24.3 Å². The third kappa shape index (κ3) is 14.7. The third-order valence-electron chi connectivity index (χ3n) is 4.21. The van der Waals surface area contributed by atoms with Gasteiger partial charge in [-0.25, -0.2) is 4.79 Å². The molecule has 0 aromatic rings. The molecule has 0 aliphatic rings. The predicted molar refractivity (Wildman–Crippen MR) is 116 cm³/mol. The fourth-order valence-corrected chi connectivity index (χ4v) is 2.57. The van der Waals surface area contributed by atoms with Gasteiger partial charge in [-0.05, 0) is 51.6 Å². The smallest absolute Gasteiger partial charge is 0.326 e. The summed E-state index contributed by atoms with van der Waals surface area (Å²) in [6.45, 7) is 0.686. The number of hydrogen-bond donors (Lipinski definition) is 8. The van der Waals surface area contributed by atoms with Crippen LogP contribution in [-0.4, -0.2) is 73.0 Å². The maximum absolute atomic E-state index is 12.6. The van der Waals surface area contributed by atoms with Crippen LogP contribution in [0.15, 0.2) is 4.99 Å². The summed E-state index contributed by atoms with van der Waals surface area (Å²) >= 11 is 0. The van der Waals surface area contributed by atoms with Gasteiger partial charge in [0.2, 0.25) is 17.7 Å². The lowest BCUT2D eigenvalue weighted by atomic mass is 10.1. The quantitative estimate of drug-likeness (QED) is 0.0649. The lowest BCUT2D eigenvalue weighted by Gasteiger charge is -2.21. The van der Waals surface area contributed by atoms with Crippen molar-refractivity contribution in [1.29, 1.82) is 0 Å². The molecular weight excluding hydrogens is 408 g/mol. The molecule has 0 aromatic carbocycles. The van der Waals surface area contributed by atoms with Crippen LogP contribution in [0.2, 0.25) is 0 Å². The molecule has 0 heterocycles. The second kappa shape index (κ2) is 16.8. The predicted octanol–water partition coefficient (Wildman–Crippen LogP) is -2.92. The van der Waals surface area contributed by atoms with E-state index in [0.29, 0.717) is 38.8 Å². The molecule has 2 atom stereocenters. The Kier molecular flexibility index (Phi) is 15.2. The molecule has 0 saturated carbocycles. The van der Waals surface area contributed by atoms with E-state index in [0.717, 1.165) is 0 Å². The number of nitrogens with one attached hydrogen (secondary N) is 3. The van der Waals surface area contributed by atoms with Gasteiger partial charge < -0.3 is 44.0 Å². The van der Waals surface area contributed by atoms with Gasteiger partial charge in [-0.3, -0.25) is 19.4 Å². The van der Waals surface area contributed by atoms with Crippen LogP contribution >= 0.6 is 0 Å². The molecule has 0 spiro atoms. The zero-order valence-electron chi connectivity index (χ0n) is 17.8. The summed E-state index contributed by atoms with van der Waals surface area (Å²) in [6.07, 6.45) is 2.59. The number of amides is 3. The first-order valence-electron chi connectivity index (χ1n) is 10.3. The normalized spacial score (nSPS) is 12.3. The lowest BCUT2D eigenvalue weighted by molar-refractivity contribution is -0.142. The molecule has 0 saturated heterocycles. The summed E-state index contributed by atoms with van der Waals surface area (Å²) in [6, 6.07) is -2.12. The Labute approximate surface area is 181 Å². The summed E-state index contributed by atoms with van der Waals surface area (Å²) in [7, 11) is 0. The zero-order chi connectivity index (χ0) is 23.6. The van der Waals surface area contributed by atoms with Crippen molar-refractivity contribution in [2.24, 2.45) is 27.9 Å². The van der Waals surface area contributed by atoms with Crippen LogP contribution in [0.1, 0.15) is 44.9 Å². The van der Waals surface area contributed by atoms with E-state index in [2.05, 4.69) is 20.9 Å². The first kappa shape index (κ1) is 28.1. The van der Waals surface area contributed by atoms with E-state index >= 15 is 0 Å². The Morgan fingerprint density at radius 3 is 2.06 bits per heavy atom. The second-order valence-electron chi connectivity index (χ2n) is 6.92. The number of carboxylic acids is 1. The Morgan fingerprint density at radius 1 is 0.839 bits per heavy atom. The van der Waals surface area contributed by atoms with Crippen molar-refractivity contribution in [2.45, 2.75) is 57.0 Å². The summed E-state index contributed by atoms with van der Waals surface area (Å²) < 4.78 is 0. The van der Waals surface area contributed by atoms with E-state index in [1.807, 2.05) is 0 Å². The number of hydrogen-bond acceptors (Lipinski definition) is 7. The molecule has 13 nitrogen and oxygen atoms in total. The van der Waals surface area contributed by atoms with Crippen LogP contribution in [0.5, 0.6) is 0 Å². The van der Waals surface area contributed by atoms with Gasteiger partial charge in [0.15, 0.2) is 5.96 Å². The topological polar surface area (TPSA) is 241 Å². The number of nitrogens with zero attached hydrogens (tertiary/aromatic N) is 1. The number of nitrogens with two attached hydrogens (primary N) is 4. The van der Waals surface area contributed by atoms with Gasteiger partial charge in [0.05, 0.1) is 6.54 Å². The highest BCUT2D eigenvalue weighted by Gasteiger charge is 2.26. The van der Waals surface area contributed by atoms with Crippen LogP contribution in [0.4, 0.5) is 0 Å². The van der Waals surface area contributed by atoms with Crippen LogP contribution in [0.25, 0.3) is 0 Å². The maximum Gasteiger partial charge on any atom is 0.326 e. The van der Waals surface area contributed by atoms with Gasteiger partial charge in [-0.15, -0.1) is 0 Å². The molecule has 0 radical (unpaired) electrons. The number of guanidine groups is 1. The maximum atomic E-state index is 12.6. The number of aliphatic imine (C=N–C) groups is 1. The molecule has 31 heavy (non-hydrogen) atoms. The number of unbranched alkanes of at least 4 members (excludes halogenated alkanes) is 1. The molecule has 0 aliphatic carbocycles. The van der Waals surface area contributed by atoms with Crippen molar-refractivity contribution >= 4 is 29.7 Å². The number of carbonyl (C=O) groups excluding carboxylic acids is 3. The number of aliphatic carboxylic acids is 1. The van der Waals surface area contributed by atoms with Gasteiger partial charge >= 0.3 is 5.97 Å².